The van der Waals surface area contributed by atoms with Gasteiger partial charge >= 0.3 is 0 Å². The molecule has 0 aliphatic carbocycles. The van der Waals surface area contributed by atoms with Crippen LogP contribution >= 0.6 is 43.2 Å². The third-order valence-corrected chi connectivity index (χ3v) is 4.89. The van der Waals surface area contributed by atoms with Gasteiger partial charge in [0.05, 0.1) is 3.79 Å². The zero-order valence-corrected chi connectivity index (χ0v) is 12.5. The molecule has 0 fully saturated rings. The molecular weight excluding hydrogens is 350 g/mol. The third-order valence-electron chi connectivity index (χ3n) is 2.36. The van der Waals surface area contributed by atoms with Crippen LogP contribution in [0, 0.1) is 0 Å². The van der Waals surface area contributed by atoms with E-state index in [2.05, 4.69) is 44.0 Å². The molecule has 16 heavy (non-hydrogen) atoms. The number of hydrogen-bond acceptors (Lipinski definition) is 2. The molecule has 0 bridgehead atoms. The van der Waals surface area contributed by atoms with Crippen molar-refractivity contribution in [3.63, 3.8) is 0 Å². The second-order valence-electron chi connectivity index (χ2n) is 3.54. The fourth-order valence-electron chi connectivity index (χ4n) is 1.53. The smallest absolute Gasteiger partial charge is 0.0701 e. The molecule has 0 radical (unpaired) electrons. The van der Waals surface area contributed by atoms with Crippen molar-refractivity contribution in [1.29, 1.82) is 0 Å². The van der Waals surface area contributed by atoms with Crippen LogP contribution in [-0.4, -0.2) is 0 Å². The van der Waals surface area contributed by atoms with E-state index in [1.54, 1.807) is 11.3 Å². The second-order valence-corrected chi connectivity index (χ2v) is 6.89. The van der Waals surface area contributed by atoms with Gasteiger partial charge in [-0.3, -0.25) is 0 Å². The maximum absolute atomic E-state index is 6.18. The van der Waals surface area contributed by atoms with Gasteiger partial charge in [0.15, 0.2) is 0 Å². The number of nitrogens with two attached hydrogens (primary N) is 1. The molecule has 1 aromatic heterocycles. The van der Waals surface area contributed by atoms with E-state index in [1.807, 2.05) is 24.3 Å². The molecule has 1 unspecified atom stereocenters. The van der Waals surface area contributed by atoms with E-state index in [4.69, 9.17) is 5.73 Å². The van der Waals surface area contributed by atoms with Crippen molar-refractivity contribution in [2.45, 2.75) is 12.5 Å². The van der Waals surface area contributed by atoms with Crippen LogP contribution in [0.15, 0.2) is 44.7 Å². The van der Waals surface area contributed by atoms with E-state index in [0.29, 0.717) is 0 Å². The summed E-state index contributed by atoms with van der Waals surface area (Å²) < 4.78 is 2.26. The quantitative estimate of drug-likeness (QED) is 0.855. The molecule has 2 N–H and O–H groups in total. The Morgan fingerprint density at radius 1 is 1.12 bits per heavy atom. The fourth-order valence-corrected chi connectivity index (χ4v) is 3.40. The summed E-state index contributed by atoms with van der Waals surface area (Å²) >= 11 is 8.69. The van der Waals surface area contributed by atoms with E-state index < -0.39 is 0 Å². The largest absolute Gasteiger partial charge is 0.323 e. The minimum atomic E-state index is 0.0648. The lowest BCUT2D eigenvalue weighted by atomic mass is 10.1. The van der Waals surface area contributed by atoms with Gasteiger partial charge in [-0.15, -0.1) is 11.3 Å². The Morgan fingerprint density at radius 3 is 2.50 bits per heavy atom. The first-order valence-corrected chi connectivity index (χ1v) is 7.31. The van der Waals surface area contributed by atoms with Crippen LogP contribution in [0.2, 0.25) is 0 Å². The van der Waals surface area contributed by atoms with Crippen LogP contribution in [0.1, 0.15) is 16.5 Å². The highest BCUT2D eigenvalue weighted by molar-refractivity contribution is 9.11. The van der Waals surface area contributed by atoms with Gasteiger partial charge in [0, 0.05) is 15.4 Å². The van der Waals surface area contributed by atoms with E-state index >= 15 is 0 Å². The summed E-state index contributed by atoms with van der Waals surface area (Å²) in [7, 11) is 0. The first kappa shape index (κ1) is 12.3. The molecule has 0 aliphatic heterocycles. The monoisotopic (exact) mass is 359 g/mol. The highest BCUT2D eigenvalue weighted by Crippen LogP contribution is 2.29. The number of rotatable bonds is 3. The molecule has 0 saturated heterocycles. The standard InChI is InChI=1S/C12H11Br2NS/c13-9-4-2-1-3-8(9)7-10(15)11-5-6-12(14)16-11/h1-6,10H,7,15H2. The lowest BCUT2D eigenvalue weighted by Crippen LogP contribution is -2.11. The predicted octanol–water partition coefficient (Wildman–Crippen LogP) is 4.52. The molecular formula is C12H11Br2NS. The first-order valence-electron chi connectivity index (χ1n) is 4.91. The van der Waals surface area contributed by atoms with Crippen molar-refractivity contribution in [1.82, 2.24) is 0 Å². The maximum Gasteiger partial charge on any atom is 0.0701 e. The Kier molecular flexibility index (Phi) is 4.19. The SMILES string of the molecule is NC(Cc1ccccc1Br)c1ccc(Br)s1. The Labute approximate surface area is 116 Å². The van der Waals surface area contributed by atoms with E-state index in [9.17, 15) is 0 Å². The van der Waals surface area contributed by atoms with Crippen molar-refractivity contribution < 1.29 is 0 Å². The molecule has 1 atom stereocenters. The summed E-state index contributed by atoms with van der Waals surface area (Å²) in [5.74, 6) is 0. The van der Waals surface area contributed by atoms with Gasteiger partial charge in [0.25, 0.3) is 0 Å². The minimum absolute atomic E-state index is 0.0648. The van der Waals surface area contributed by atoms with Crippen LogP contribution in [0.4, 0.5) is 0 Å². The van der Waals surface area contributed by atoms with Gasteiger partial charge in [0.1, 0.15) is 0 Å². The lowest BCUT2D eigenvalue weighted by Gasteiger charge is -2.10. The van der Waals surface area contributed by atoms with Gasteiger partial charge < -0.3 is 5.73 Å². The average molecular weight is 361 g/mol. The summed E-state index contributed by atoms with van der Waals surface area (Å²) in [6.07, 6.45) is 0.856. The first-order chi connectivity index (χ1) is 7.66. The zero-order valence-electron chi connectivity index (χ0n) is 8.49. The predicted molar refractivity (Wildman–Crippen MR) is 76.8 cm³/mol. The molecule has 84 valence electrons. The Bertz CT molecular complexity index is 481. The van der Waals surface area contributed by atoms with Crippen LogP contribution in [0.5, 0.6) is 0 Å². The Morgan fingerprint density at radius 2 is 1.88 bits per heavy atom. The van der Waals surface area contributed by atoms with E-state index in [0.717, 1.165) is 14.7 Å². The molecule has 2 rings (SSSR count). The summed E-state index contributed by atoms with van der Waals surface area (Å²) in [6, 6.07) is 12.4. The average Bonchev–Trinajstić information content (AvgIpc) is 2.68. The molecule has 0 amide bonds. The highest BCUT2D eigenvalue weighted by Gasteiger charge is 2.10. The molecule has 2 aromatic rings. The molecule has 0 saturated carbocycles. The van der Waals surface area contributed by atoms with Crippen molar-refractivity contribution in [3.8, 4) is 0 Å². The van der Waals surface area contributed by atoms with Crippen molar-refractivity contribution in [3.05, 3.63) is 55.1 Å². The van der Waals surface area contributed by atoms with Gasteiger partial charge in [-0.1, -0.05) is 34.1 Å². The van der Waals surface area contributed by atoms with Gasteiger partial charge in [-0.2, -0.15) is 0 Å². The lowest BCUT2D eigenvalue weighted by molar-refractivity contribution is 0.734. The zero-order chi connectivity index (χ0) is 11.5. The number of hydrogen-bond donors (Lipinski definition) is 1. The van der Waals surface area contributed by atoms with Gasteiger partial charge in [-0.25, -0.2) is 0 Å². The summed E-state index contributed by atoms with van der Waals surface area (Å²) in [5, 5.41) is 0. The summed E-state index contributed by atoms with van der Waals surface area (Å²) in [4.78, 5) is 1.21. The third kappa shape index (κ3) is 2.94. The molecule has 1 heterocycles. The Balaban J connectivity index is 2.13. The highest BCUT2D eigenvalue weighted by atomic mass is 79.9. The second kappa shape index (κ2) is 5.45. The van der Waals surface area contributed by atoms with Crippen molar-refractivity contribution >= 4 is 43.2 Å². The number of thiophene rings is 1. The van der Waals surface area contributed by atoms with Gasteiger partial charge in [-0.05, 0) is 46.1 Å². The molecule has 0 spiro atoms. The van der Waals surface area contributed by atoms with Crippen LogP contribution in [-0.2, 0) is 6.42 Å². The van der Waals surface area contributed by atoms with Crippen LogP contribution in [0.3, 0.4) is 0 Å². The molecule has 1 nitrogen and oxygen atoms in total. The van der Waals surface area contributed by atoms with Gasteiger partial charge in [0.2, 0.25) is 0 Å². The van der Waals surface area contributed by atoms with Crippen molar-refractivity contribution in [2.75, 3.05) is 0 Å². The van der Waals surface area contributed by atoms with Crippen LogP contribution in [0.25, 0.3) is 0 Å². The van der Waals surface area contributed by atoms with Crippen molar-refractivity contribution in [2.24, 2.45) is 5.73 Å². The topological polar surface area (TPSA) is 26.0 Å². The Hall–Kier alpha value is -0.160. The van der Waals surface area contributed by atoms with Crippen LogP contribution < -0.4 is 5.73 Å². The number of benzene rings is 1. The minimum Gasteiger partial charge on any atom is -0.323 e. The van der Waals surface area contributed by atoms with E-state index in [-0.39, 0.29) is 6.04 Å². The van der Waals surface area contributed by atoms with E-state index in [1.165, 1.54) is 10.4 Å². The summed E-state index contributed by atoms with van der Waals surface area (Å²) in [6.45, 7) is 0. The molecule has 0 aliphatic rings. The fraction of sp³-hybridized carbons (Fsp3) is 0.167. The molecule has 4 heteroatoms. The number of halogens is 2. The summed E-state index contributed by atoms with van der Waals surface area (Å²) in [5.41, 5.74) is 7.43. The molecule has 1 aromatic carbocycles. The normalized spacial score (nSPS) is 12.7. The maximum atomic E-state index is 6.18.